The lowest BCUT2D eigenvalue weighted by Crippen LogP contribution is -2.35. The summed E-state index contributed by atoms with van der Waals surface area (Å²) in [7, 11) is 4.43. The highest BCUT2D eigenvalue weighted by atomic mass is 16.5. The summed E-state index contributed by atoms with van der Waals surface area (Å²) in [5.41, 5.74) is 0.0330. The van der Waals surface area contributed by atoms with E-state index >= 15 is 0 Å². The Balaban J connectivity index is 2.15. The number of Topliss-reactive ketones (excluding diaryl/α,β-unsaturated/α-hetero) is 1. The average Bonchev–Trinajstić information content (AvgIpc) is 2.71. The molecule has 27 heavy (non-hydrogen) atoms. The van der Waals surface area contributed by atoms with Crippen LogP contribution in [-0.2, 0) is 5.79 Å². The first-order valence-electron chi connectivity index (χ1n) is 8.06. The molecule has 2 N–H and O–H groups in total. The van der Waals surface area contributed by atoms with Crippen LogP contribution in [0.3, 0.4) is 0 Å². The molecule has 0 spiro atoms. The summed E-state index contributed by atoms with van der Waals surface area (Å²) < 4.78 is 15.6. The first kappa shape index (κ1) is 18.6. The molecule has 0 aliphatic heterocycles. The Bertz CT molecular complexity index is 999. The van der Waals surface area contributed by atoms with Gasteiger partial charge in [0, 0.05) is 28.9 Å². The number of rotatable bonds is 6. The second-order valence-electron chi connectivity index (χ2n) is 5.85. The summed E-state index contributed by atoms with van der Waals surface area (Å²) in [5.74, 6) is -2.41. The van der Waals surface area contributed by atoms with Crippen LogP contribution in [0.4, 0.5) is 0 Å². The van der Waals surface area contributed by atoms with E-state index in [0.717, 1.165) is 0 Å². The SMILES string of the molecule is COc1cccc(C(=O)C(O)(O)c2cncc3cc(OC)c(OC)cc23)c1. The molecule has 140 valence electrons. The van der Waals surface area contributed by atoms with Crippen molar-refractivity contribution < 1.29 is 29.2 Å². The molecule has 1 aromatic heterocycles. The van der Waals surface area contributed by atoms with Crippen LogP contribution in [0.25, 0.3) is 10.8 Å². The Hall–Kier alpha value is -3.16. The van der Waals surface area contributed by atoms with Crippen molar-refractivity contribution in [3.05, 3.63) is 59.9 Å². The molecule has 0 saturated carbocycles. The molecule has 2 aromatic carbocycles. The van der Waals surface area contributed by atoms with Crippen LogP contribution < -0.4 is 14.2 Å². The normalized spacial score (nSPS) is 11.3. The summed E-state index contributed by atoms with van der Waals surface area (Å²) in [6.45, 7) is 0. The largest absolute Gasteiger partial charge is 0.497 e. The van der Waals surface area contributed by atoms with Gasteiger partial charge < -0.3 is 24.4 Å². The fraction of sp³-hybridized carbons (Fsp3) is 0.200. The molecule has 0 aliphatic carbocycles. The van der Waals surface area contributed by atoms with E-state index in [4.69, 9.17) is 14.2 Å². The van der Waals surface area contributed by atoms with Crippen LogP contribution in [0.15, 0.2) is 48.8 Å². The van der Waals surface area contributed by atoms with Gasteiger partial charge in [0.15, 0.2) is 11.5 Å². The summed E-state index contributed by atoms with van der Waals surface area (Å²) in [6, 6.07) is 9.39. The minimum absolute atomic E-state index is 0.0613. The predicted molar refractivity (Wildman–Crippen MR) is 98.3 cm³/mol. The molecule has 0 saturated heterocycles. The number of benzene rings is 2. The standard InChI is InChI=1S/C20H19NO6/c1-25-14-6-4-5-12(7-14)19(22)20(23,24)16-11-21-10-13-8-17(26-2)18(27-3)9-15(13)16/h4-11,23-24H,1-3H3. The summed E-state index contributed by atoms with van der Waals surface area (Å²) in [4.78, 5) is 16.8. The summed E-state index contributed by atoms with van der Waals surface area (Å²) in [5, 5.41) is 22.4. The number of hydrogen-bond acceptors (Lipinski definition) is 7. The second kappa shape index (κ2) is 7.22. The molecule has 0 radical (unpaired) electrons. The first-order chi connectivity index (χ1) is 12.9. The Labute approximate surface area is 155 Å². The van der Waals surface area contributed by atoms with Crippen molar-refractivity contribution in [1.29, 1.82) is 0 Å². The van der Waals surface area contributed by atoms with Crippen LogP contribution >= 0.6 is 0 Å². The van der Waals surface area contributed by atoms with Gasteiger partial charge in [0.1, 0.15) is 5.75 Å². The van der Waals surface area contributed by atoms with Crippen molar-refractivity contribution in [2.45, 2.75) is 5.79 Å². The van der Waals surface area contributed by atoms with Crippen molar-refractivity contribution >= 4 is 16.6 Å². The maximum absolute atomic E-state index is 12.8. The third kappa shape index (κ3) is 3.30. The van der Waals surface area contributed by atoms with E-state index < -0.39 is 11.6 Å². The van der Waals surface area contributed by atoms with E-state index in [-0.39, 0.29) is 11.1 Å². The minimum atomic E-state index is -2.79. The highest BCUT2D eigenvalue weighted by molar-refractivity contribution is 6.04. The number of pyridine rings is 1. The third-order valence-electron chi connectivity index (χ3n) is 4.29. The zero-order chi connectivity index (χ0) is 19.6. The number of hydrogen-bond donors (Lipinski definition) is 2. The number of carbonyl (C=O) groups is 1. The molecule has 0 amide bonds. The number of nitrogens with zero attached hydrogens (tertiary/aromatic N) is 1. The van der Waals surface area contributed by atoms with E-state index in [1.165, 1.54) is 45.9 Å². The van der Waals surface area contributed by atoms with Gasteiger partial charge in [0.25, 0.3) is 5.79 Å². The summed E-state index contributed by atoms with van der Waals surface area (Å²) >= 11 is 0. The Morgan fingerprint density at radius 2 is 1.67 bits per heavy atom. The van der Waals surface area contributed by atoms with E-state index in [1.54, 1.807) is 24.3 Å². The van der Waals surface area contributed by atoms with Gasteiger partial charge in [0.2, 0.25) is 5.78 Å². The first-order valence-corrected chi connectivity index (χ1v) is 8.06. The van der Waals surface area contributed by atoms with Gasteiger partial charge in [-0.2, -0.15) is 0 Å². The lowest BCUT2D eigenvalue weighted by atomic mass is 9.93. The van der Waals surface area contributed by atoms with Crippen molar-refractivity contribution in [3.8, 4) is 17.2 Å². The molecule has 0 atom stereocenters. The van der Waals surface area contributed by atoms with Crippen molar-refractivity contribution in [2.75, 3.05) is 21.3 Å². The van der Waals surface area contributed by atoms with Gasteiger partial charge in [-0.25, -0.2) is 0 Å². The Morgan fingerprint density at radius 3 is 2.33 bits per heavy atom. The topological polar surface area (TPSA) is 98.1 Å². The van der Waals surface area contributed by atoms with Gasteiger partial charge in [-0.3, -0.25) is 9.78 Å². The number of carbonyl (C=O) groups excluding carboxylic acids is 1. The zero-order valence-electron chi connectivity index (χ0n) is 15.1. The molecular weight excluding hydrogens is 350 g/mol. The lowest BCUT2D eigenvalue weighted by molar-refractivity contribution is -0.127. The van der Waals surface area contributed by atoms with E-state index in [0.29, 0.717) is 28.0 Å². The smallest absolute Gasteiger partial charge is 0.258 e. The van der Waals surface area contributed by atoms with Crippen LogP contribution in [0.2, 0.25) is 0 Å². The fourth-order valence-corrected chi connectivity index (χ4v) is 2.86. The molecule has 0 aliphatic rings. The maximum atomic E-state index is 12.8. The van der Waals surface area contributed by atoms with Crippen molar-refractivity contribution in [1.82, 2.24) is 4.98 Å². The van der Waals surface area contributed by atoms with E-state index in [2.05, 4.69) is 4.98 Å². The average molecular weight is 369 g/mol. The quantitative estimate of drug-likeness (QED) is 0.508. The van der Waals surface area contributed by atoms with E-state index in [1.807, 2.05) is 0 Å². The van der Waals surface area contributed by atoms with Gasteiger partial charge in [0.05, 0.1) is 21.3 Å². The van der Waals surface area contributed by atoms with Crippen LogP contribution in [0.1, 0.15) is 15.9 Å². The Kier molecular flexibility index (Phi) is 4.98. The van der Waals surface area contributed by atoms with Gasteiger partial charge in [-0.05, 0) is 29.7 Å². The third-order valence-corrected chi connectivity index (χ3v) is 4.29. The highest BCUT2D eigenvalue weighted by Gasteiger charge is 2.38. The number of aromatic nitrogens is 1. The zero-order valence-corrected chi connectivity index (χ0v) is 15.1. The second-order valence-corrected chi connectivity index (χ2v) is 5.85. The monoisotopic (exact) mass is 369 g/mol. The number of ketones is 1. The molecular formula is C20H19NO6. The minimum Gasteiger partial charge on any atom is -0.497 e. The van der Waals surface area contributed by atoms with Crippen LogP contribution in [-0.4, -0.2) is 42.3 Å². The maximum Gasteiger partial charge on any atom is 0.258 e. The summed E-state index contributed by atoms with van der Waals surface area (Å²) in [6.07, 6.45) is 2.78. The number of ether oxygens (including phenoxy) is 3. The number of methoxy groups -OCH3 is 3. The molecule has 3 aromatic rings. The number of aliphatic hydroxyl groups is 2. The van der Waals surface area contributed by atoms with Gasteiger partial charge >= 0.3 is 0 Å². The van der Waals surface area contributed by atoms with Gasteiger partial charge in [-0.15, -0.1) is 0 Å². The van der Waals surface area contributed by atoms with Crippen molar-refractivity contribution in [3.63, 3.8) is 0 Å². The van der Waals surface area contributed by atoms with E-state index in [9.17, 15) is 15.0 Å². The number of fused-ring (bicyclic) bond motifs is 1. The molecule has 7 nitrogen and oxygen atoms in total. The van der Waals surface area contributed by atoms with Crippen molar-refractivity contribution in [2.24, 2.45) is 0 Å². The van der Waals surface area contributed by atoms with Crippen LogP contribution in [0, 0.1) is 0 Å². The highest BCUT2D eigenvalue weighted by Crippen LogP contribution is 2.36. The molecule has 0 bridgehead atoms. The van der Waals surface area contributed by atoms with Gasteiger partial charge in [-0.1, -0.05) is 12.1 Å². The molecule has 0 fully saturated rings. The Morgan fingerprint density at radius 1 is 0.963 bits per heavy atom. The molecule has 0 unspecified atom stereocenters. The predicted octanol–water partition coefficient (Wildman–Crippen LogP) is 2.28. The molecule has 7 heteroatoms. The fourth-order valence-electron chi connectivity index (χ4n) is 2.86. The molecule has 3 rings (SSSR count). The van der Waals surface area contributed by atoms with Crippen LogP contribution in [0.5, 0.6) is 17.2 Å². The molecule has 1 heterocycles. The lowest BCUT2D eigenvalue weighted by Gasteiger charge is -2.22.